The van der Waals surface area contributed by atoms with Crippen molar-refractivity contribution in [2.24, 2.45) is 0 Å². The second kappa shape index (κ2) is 13.8. The Morgan fingerprint density at radius 3 is 2.64 bits per heavy atom. The van der Waals surface area contributed by atoms with Crippen molar-refractivity contribution in [3.05, 3.63) is 95.6 Å². The van der Waals surface area contributed by atoms with E-state index in [1.54, 1.807) is 19.5 Å². The van der Waals surface area contributed by atoms with Crippen LogP contribution in [-0.4, -0.2) is 59.5 Å². The molecule has 2 aromatic heterocycles. The molecule has 0 saturated heterocycles. The lowest BCUT2D eigenvalue weighted by atomic mass is 10.0. The molecule has 0 unspecified atom stereocenters. The predicted octanol–water partition coefficient (Wildman–Crippen LogP) is 3.68. The molecule has 0 saturated carbocycles. The number of oxazole rings is 1. The lowest BCUT2D eigenvalue weighted by molar-refractivity contribution is -0.129. The quantitative estimate of drug-likeness (QED) is 0.374. The molecule has 0 fully saturated rings. The van der Waals surface area contributed by atoms with Crippen LogP contribution in [0.2, 0.25) is 0 Å². The van der Waals surface area contributed by atoms with Crippen LogP contribution in [0.5, 0.6) is 11.5 Å². The number of fused-ring (bicyclic) bond motifs is 5. The number of nitrogens with zero attached hydrogens (tertiary/aromatic N) is 3. The van der Waals surface area contributed by atoms with Gasteiger partial charge in [-0.3, -0.25) is 19.5 Å². The fourth-order valence-electron chi connectivity index (χ4n) is 4.86. The molecule has 0 radical (unpaired) electrons. The number of benzene rings is 2. The fourth-order valence-corrected chi connectivity index (χ4v) is 4.86. The number of ether oxygens (including phenoxy) is 2. The Labute approximate surface area is 245 Å². The number of hydrogen-bond donors (Lipinski definition) is 2. The first-order chi connectivity index (χ1) is 20.5. The molecular formula is C32H35N5O5. The van der Waals surface area contributed by atoms with E-state index in [-0.39, 0.29) is 24.9 Å². The zero-order chi connectivity index (χ0) is 29.3. The summed E-state index contributed by atoms with van der Waals surface area (Å²) in [6.45, 7) is 3.63. The number of nitrogens with one attached hydrogen (secondary N) is 2. The van der Waals surface area contributed by atoms with Crippen LogP contribution in [0.15, 0.2) is 77.5 Å². The molecule has 1 atom stereocenters. The van der Waals surface area contributed by atoms with E-state index in [1.165, 1.54) is 0 Å². The summed E-state index contributed by atoms with van der Waals surface area (Å²) < 4.78 is 17.6. The number of pyridine rings is 1. The molecule has 4 aromatic rings. The number of aromatic nitrogens is 2. The zero-order valence-electron chi connectivity index (χ0n) is 23.8. The highest BCUT2D eigenvalue weighted by molar-refractivity contribution is 5.88. The van der Waals surface area contributed by atoms with Gasteiger partial charge in [0.05, 0.1) is 26.8 Å². The molecule has 0 spiro atoms. The average molecular weight is 570 g/mol. The minimum atomic E-state index is -0.763. The third-order valence-corrected chi connectivity index (χ3v) is 7.07. The maximum absolute atomic E-state index is 13.4. The molecule has 5 rings (SSSR count). The summed E-state index contributed by atoms with van der Waals surface area (Å²) in [5, 5.41) is 5.92. The van der Waals surface area contributed by atoms with E-state index >= 15 is 0 Å². The summed E-state index contributed by atoms with van der Waals surface area (Å²) in [7, 11) is 1.59. The van der Waals surface area contributed by atoms with Crippen LogP contribution in [-0.2, 0) is 29.1 Å². The van der Waals surface area contributed by atoms with Crippen LogP contribution in [0.3, 0.4) is 0 Å². The van der Waals surface area contributed by atoms with Crippen molar-refractivity contribution in [2.75, 3.05) is 26.8 Å². The van der Waals surface area contributed by atoms with Gasteiger partial charge in [-0.05, 0) is 54.8 Å². The summed E-state index contributed by atoms with van der Waals surface area (Å²) in [4.78, 5) is 37.6. The Balaban J connectivity index is 1.43. The monoisotopic (exact) mass is 569 g/mol. The Morgan fingerprint density at radius 2 is 1.86 bits per heavy atom. The van der Waals surface area contributed by atoms with Crippen molar-refractivity contribution >= 4 is 11.8 Å². The van der Waals surface area contributed by atoms with Gasteiger partial charge in [-0.25, -0.2) is 4.98 Å². The second-order valence-corrected chi connectivity index (χ2v) is 10.2. The lowest BCUT2D eigenvalue weighted by Gasteiger charge is -2.24. The topological polar surface area (TPSA) is 119 Å². The second-order valence-electron chi connectivity index (χ2n) is 10.2. The van der Waals surface area contributed by atoms with Crippen LogP contribution in [0.25, 0.3) is 11.5 Å². The third kappa shape index (κ3) is 7.52. The van der Waals surface area contributed by atoms with E-state index in [9.17, 15) is 9.59 Å². The first kappa shape index (κ1) is 28.8. The zero-order valence-corrected chi connectivity index (χ0v) is 23.8. The van der Waals surface area contributed by atoms with Crippen LogP contribution < -0.4 is 20.1 Å². The van der Waals surface area contributed by atoms with E-state index in [0.29, 0.717) is 61.4 Å². The summed E-state index contributed by atoms with van der Waals surface area (Å²) in [5.74, 6) is 1.65. The van der Waals surface area contributed by atoms with E-state index in [4.69, 9.17) is 13.9 Å². The Kier molecular flexibility index (Phi) is 9.45. The Bertz CT molecular complexity index is 1490. The van der Waals surface area contributed by atoms with Gasteiger partial charge in [0.2, 0.25) is 17.7 Å². The predicted molar refractivity (Wildman–Crippen MR) is 157 cm³/mol. The minimum absolute atomic E-state index is 0.117. The van der Waals surface area contributed by atoms with Gasteiger partial charge >= 0.3 is 0 Å². The first-order valence-corrected chi connectivity index (χ1v) is 14.0. The number of amides is 2. The fraction of sp³-hybridized carbons (Fsp3) is 0.312. The molecule has 3 heterocycles. The molecule has 10 heteroatoms. The van der Waals surface area contributed by atoms with Crippen molar-refractivity contribution in [2.45, 2.75) is 38.9 Å². The molecule has 2 N–H and O–H groups in total. The van der Waals surface area contributed by atoms with Crippen molar-refractivity contribution in [3.63, 3.8) is 0 Å². The maximum atomic E-state index is 13.4. The van der Waals surface area contributed by atoms with Crippen LogP contribution in [0.4, 0.5) is 0 Å². The molecular weight excluding hydrogens is 534 g/mol. The van der Waals surface area contributed by atoms with Crippen molar-refractivity contribution in [1.82, 2.24) is 25.5 Å². The van der Waals surface area contributed by atoms with Gasteiger partial charge in [0.1, 0.15) is 17.5 Å². The van der Waals surface area contributed by atoms with E-state index in [0.717, 1.165) is 16.7 Å². The minimum Gasteiger partial charge on any atom is -0.493 e. The maximum Gasteiger partial charge on any atom is 0.243 e. The largest absolute Gasteiger partial charge is 0.493 e. The molecule has 0 aliphatic carbocycles. The molecule has 218 valence electrons. The molecule has 4 bridgehead atoms. The summed E-state index contributed by atoms with van der Waals surface area (Å²) >= 11 is 0. The molecule has 2 aromatic carbocycles. The smallest absolute Gasteiger partial charge is 0.243 e. The molecule has 10 nitrogen and oxygen atoms in total. The van der Waals surface area contributed by atoms with Gasteiger partial charge in [-0.15, -0.1) is 0 Å². The van der Waals surface area contributed by atoms with Gasteiger partial charge < -0.3 is 24.5 Å². The number of rotatable bonds is 5. The number of carbonyl (C=O) groups excluding carboxylic acids is 2. The summed E-state index contributed by atoms with van der Waals surface area (Å²) in [6, 6.07) is 18.2. The molecule has 42 heavy (non-hydrogen) atoms. The van der Waals surface area contributed by atoms with Crippen LogP contribution >= 0.6 is 0 Å². The van der Waals surface area contributed by atoms with Gasteiger partial charge in [-0.2, -0.15) is 0 Å². The summed E-state index contributed by atoms with van der Waals surface area (Å²) in [5.41, 5.74) is 3.32. The molecule has 1 aliphatic rings. The van der Waals surface area contributed by atoms with Gasteiger partial charge in [0, 0.05) is 37.5 Å². The lowest BCUT2D eigenvalue weighted by Crippen LogP contribution is -2.50. The number of aryl methyl sites for hydroxylation is 1. The van der Waals surface area contributed by atoms with Crippen LogP contribution in [0.1, 0.15) is 29.0 Å². The van der Waals surface area contributed by atoms with Crippen molar-refractivity contribution < 1.29 is 23.5 Å². The highest BCUT2D eigenvalue weighted by Crippen LogP contribution is 2.33. The first-order valence-electron chi connectivity index (χ1n) is 14.0. The van der Waals surface area contributed by atoms with Gasteiger partial charge in [-0.1, -0.05) is 30.3 Å². The number of hydrogen-bond acceptors (Lipinski definition) is 8. The van der Waals surface area contributed by atoms with E-state index in [2.05, 4.69) is 20.6 Å². The van der Waals surface area contributed by atoms with Crippen molar-refractivity contribution in [1.29, 1.82) is 0 Å². The number of carbonyl (C=O) groups is 2. The van der Waals surface area contributed by atoms with Gasteiger partial charge in [0.25, 0.3) is 0 Å². The Morgan fingerprint density at radius 1 is 1.05 bits per heavy atom. The standard InChI is InChI=1S/C32H35N5O5/c1-22-27-19-34-31(39)26(17-23-7-4-3-5-8-23)35-30(38)21-37(20-24-11-13-33-14-12-24)15-6-16-41-29-18-25(32(36-27)42-22)9-10-28(29)40-2/h3-5,7-14,18,26H,6,15-17,19-21H2,1-2H3,(H,34,39)(H,35,38)/t26-/m1/s1. The van der Waals surface area contributed by atoms with E-state index in [1.807, 2.05) is 72.5 Å². The van der Waals surface area contributed by atoms with Gasteiger partial charge in [0.15, 0.2) is 11.5 Å². The highest BCUT2D eigenvalue weighted by Gasteiger charge is 2.24. The average Bonchev–Trinajstić information content (AvgIpc) is 3.38. The van der Waals surface area contributed by atoms with Crippen LogP contribution in [0, 0.1) is 6.92 Å². The highest BCUT2D eigenvalue weighted by atomic mass is 16.5. The molecule has 2 amide bonds. The normalized spacial score (nSPS) is 16.9. The van der Waals surface area contributed by atoms with E-state index < -0.39 is 6.04 Å². The number of methoxy groups -OCH3 is 1. The Hall–Kier alpha value is -4.70. The third-order valence-electron chi connectivity index (χ3n) is 7.07. The van der Waals surface area contributed by atoms with Crippen molar-refractivity contribution in [3.8, 4) is 23.0 Å². The SMILES string of the molecule is COc1ccc2cc1OCCCN(Cc1ccncc1)CC(=O)N[C@H](Cc1ccccc1)C(=O)NCc1nc-2oc1C. The summed E-state index contributed by atoms with van der Waals surface area (Å²) in [6.07, 6.45) is 4.48. The molecule has 1 aliphatic heterocycles.